The smallest absolute Gasteiger partial charge is 0.223 e. The molecule has 2 nitrogen and oxygen atoms in total. The second-order valence-electron chi connectivity index (χ2n) is 4.96. The molecule has 19 heavy (non-hydrogen) atoms. The van der Waals surface area contributed by atoms with Crippen LogP contribution in [-0.2, 0) is 6.54 Å². The Kier molecular flexibility index (Phi) is 2.82. The molecule has 0 saturated heterocycles. The number of pyridine rings is 1. The molecule has 0 aliphatic rings. The van der Waals surface area contributed by atoms with Crippen molar-refractivity contribution >= 4 is 5.65 Å². The number of hydrogen-bond donors (Lipinski definition) is 0. The van der Waals surface area contributed by atoms with Crippen molar-refractivity contribution in [3.05, 3.63) is 71.4 Å². The van der Waals surface area contributed by atoms with Crippen LogP contribution in [0.2, 0.25) is 0 Å². The molecule has 0 fully saturated rings. The van der Waals surface area contributed by atoms with Crippen LogP contribution in [0.1, 0.15) is 16.8 Å². The van der Waals surface area contributed by atoms with Crippen LogP contribution in [0.15, 0.2) is 48.8 Å². The fraction of sp³-hybridized carbons (Fsp3) is 0.188. The molecule has 0 aliphatic heterocycles. The van der Waals surface area contributed by atoms with Gasteiger partial charge in [0.2, 0.25) is 0 Å². The summed E-state index contributed by atoms with van der Waals surface area (Å²) in [7, 11) is 0. The SMILES string of the molecule is Cc1cc[n+]2cc(C)n(Cc3cccc(F)c3)c2c1. The Bertz CT molecular complexity index is 744. The van der Waals surface area contributed by atoms with Gasteiger partial charge in [0.15, 0.2) is 0 Å². The summed E-state index contributed by atoms with van der Waals surface area (Å²) >= 11 is 0. The van der Waals surface area contributed by atoms with Crippen LogP contribution in [0.5, 0.6) is 0 Å². The number of aromatic nitrogens is 2. The van der Waals surface area contributed by atoms with Crippen LogP contribution in [0.4, 0.5) is 4.39 Å². The zero-order valence-electron chi connectivity index (χ0n) is 11.1. The van der Waals surface area contributed by atoms with Gasteiger partial charge in [0, 0.05) is 13.0 Å². The summed E-state index contributed by atoms with van der Waals surface area (Å²) in [4.78, 5) is 0. The third kappa shape index (κ3) is 2.24. The standard InChI is InChI=1S/C16H16FN2/c1-12-6-7-18-10-13(2)19(16(18)8-12)11-14-4-3-5-15(17)9-14/h3-10H,11H2,1-2H3/q+1. The molecular formula is C16H16FN2+. The van der Waals surface area contributed by atoms with Crippen LogP contribution in [0, 0.1) is 19.7 Å². The second kappa shape index (κ2) is 4.50. The maximum absolute atomic E-state index is 13.3. The third-order valence-corrected chi connectivity index (χ3v) is 3.38. The molecule has 3 aromatic rings. The van der Waals surface area contributed by atoms with Gasteiger partial charge in [-0.2, -0.15) is 0 Å². The quantitative estimate of drug-likeness (QED) is 0.622. The lowest BCUT2D eigenvalue weighted by atomic mass is 10.2. The van der Waals surface area contributed by atoms with Gasteiger partial charge in [-0.15, -0.1) is 0 Å². The van der Waals surface area contributed by atoms with Gasteiger partial charge in [-0.25, -0.2) is 13.4 Å². The lowest BCUT2D eigenvalue weighted by molar-refractivity contribution is -0.510. The zero-order valence-corrected chi connectivity index (χ0v) is 11.1. The van der Waals surface area contributed by atoms with E-state index in [9.17, 15) is 4.39 Å². The Hall–Kier alpha value is -2.16. The highest BCUT2D eigenvalue weighted by Gasteiger charge is 2.14. The number of aryl methyl sites for hydroxylation is 2. The molecule has 0 aliphatic carbocycles. The largest absolute Gasteiger partial charge is 0.286 e. The van der Waals surface area contributed by atoms with Crippen molar-refractivity contribution in [1.82, 2.24) is 4.57 Å². The van der Waals surface area contributed by atoms with E-state index in [4.69, 9.17) is 0 Å². The summed E-state index contributed by atoms with van der Waals surface area (Å²) in [6, 6.07) is 11.0. The van der Waals surface area contributed by atoms with Gasteiger partial charge in [-0.05, 0) is 36.2 Å². The lowest BCUT2D eigenvalue weighted by Gasteiger charge is -2.01. The summed E-state index contributed by atoms with van der Waals surface area (Å²) < 4.78 is 17.6. The van der Waals surface area contributed by atoms with E-state index in [-0.39, 0.29) is 5.82 Å². The number of nitrogens with zero attached hydrogens (tertiary/aromatic N) is 2. The van der Waals surface area contributed by atoms with Gasteiger partial charge in [-0.3, -0.25) is 0 Å². The molecule has 0 N–H and O–H groups in total. The average molecular weight is 255 g/mol. The Morgan fingerprint density at radius 2 is 2.00 bits per heavy atom. The van der Waals surface area contributed by atoms with Crippen molar-refractivity contribution in [3.63, 3.8) is 0 Å². The highest BCUT2D eigenvalue weighted by molar-refractivity contribution is 5.37. The molecule has 96 valence electrons. The predicted octanol–water partition coefficient (Wildman–Crippen LogP) is 3.03. The van der Waals surface area contributed by atoms with Crippen molar-refractivity contribution in [2.45, 2.75) is 20.4 Å². The van der Waals surface area contributed by atoms with Gasteiger partial charge >= 0.3 is 0 Å². The van der Waals surface area contributed by atoms with Crippen molar-refractivity contribution in [2.75, 3.05) is 0 Å². The first-order valence-corrected chi connectivity index (χ1v) is 6.36. The summed E-state index contributed by atoms with van der Waals surface area (Å²) in [5, 5.41) is 0. The monoisotopic (exact) mass is 255 g/mol. The first kappa shape index (κ1) is 11.9. The molecule has 0 radical (unpaired) electrons. The topological polar surface area (TPSA) is 9.03 Å². The molecule has 3 heteroatoms. The number of rotatable bonds is 2. The second-order valence-corrected chi connectivity index (χ2v) is 4.96. The van der Waals surface area contributed by atoms with Crippen molar-refractivity contribution in [3.8, 4) is 0 Å². The van der Waals surface area contributed by atoms with Gasteiger partial charge in [0.1, 0.15) is 24.3 Å². The Morgan fingerprint density at radius 3 is 2.79 bits per heavy atom. The van der Waals surface area contributed by atoms with E-state index in [1.54, 1.807) is 12.1 Å². The Morgan fingerprint density at radius 1 is 1.16 bits per heavy atom. The van der Waals surface area contributed by atoms with Gasteiger partial charge in [-0.1, -0.05) is 12.1 Å². The summed E-state index contributed by atoms with van der Waals surface area (Å²) in [5.74, 6) is -0.185. The highest BCUT2D eigenvalue weighted by Crippen LogP contribution is 2.12. The van der Waals surface area contributed by atoms with Crippen LogP contribution < -0.4 is 4.40 Å². The van der Waals surface area contributed by atoms with Crippen molar-refractivity contribution in [2.24, 2.45) is 0 Å². The molecule has 3 rings (SSSR count). The van der Waals surface area contributed by atoms with E-state index in [1.807, 2.05) is 6.07 Å². The minimum Gasteiger partial charge on any atom is -0.223 e. The molecule has 0 unspecified atom stereocenters. The molecule has 2 heterocycles. The van der Waals surface area contributed by atoms with E-state index in [2.05, 4.69) is 47.3 Å². The maximum Gasteiger partial charge on any atom is 0.286 e. The highest BCUT2D eigenvalue weighted by atomic mass is 19.1. The average Bonchev–Trinajstić information content (AvgIpc) is 2.66. The molecule has 0 saturated carbocycles. The van der Waals surface area contributed by atoms with E-state index in [0.29, 0.717) is 6.54 Å². The normalized spacial score (nSPS) is 11.1. The fourth-order valence-corrected chi connectivity index (χ4v) is 2.40. The van der Waals surface area contributed by atoms with Gasteiger partial charge < -0.3 is 0 Å². The first-order chi connectivity index (χ1) is 9.13. The minimum absolute atomic E-state index is 0.185. The zero-order chi connectivity index (χ0) is 13.4. The van der Waals surface area contributed by atoms with Crippen LogP contribution in [0.25, 0.3) is 5.65 Å². The summed E-state index contributed by atoms with van der Waals surface area (Å²) in [6.45, 7) is 4.83. The van der Waals surface area contributed by atoms with Crippen LogP contribution in [0.3, 0.4) is 0 Å². The third-order valence-electron chi connectivity index (χ3n) is 3.38. The molecule has 2 aromatic heterocycles. The summed E-state index contributed by atoms with van der Waals surface area (Å²) in [6.07, 6.45) is 4.15. The Balaban J connectivity index is 2.09. The lowest BCUT2D eigenvalue weighted by Crippen LogP contribution is -2.18. The number of fused-ring (bicyclic) bond motifs is 1. The fourth-order valence-electron chi connectivity index (χ4n) is 2.40. The summed E-state index contributed by atoms with van der Waals surface area (Å²) in [5.41, 5.74) is 4.48. The van der Waals surface area contributed by atoms with Gasteiger partial charge in [0.25, 0.3) is 5.65 Å². The minimum atomic E-state index is -0.185. The van der Waals surface area contributed by atoms with Crippen LogP contribution >= 0.6 is 0 Å². The van der Waals surface area contributed by atoms with Crippen LogP contribution in [-0.4, -0.2) is 4.57 Å². The molecule has 0 atom stereocenters. The molecule has 0 amide bonds. The maximum atomic E-state index is 13.3. The molecule has 0 spiro atoms. The number of halogens is 1. The molecular weight excluding hydrogens is 239 g/mol. The van der Waals surface area contributed by atoms with E-state index >= 15 is 0 Å². The predicted molar refractivity (Wildman–Crippen MR) is 72.6 cm³/mol. The van der Waals surface area contributed by atoms with E-state index in [0.717, 1.165) is 16.9 Å². The number of imidazole rings is 1. The van der Waals surface area contributed by atoms with E-state index < -0.39 is 0 Å². The number of hydrogen-bond acceptors (Lipinski definition) is 0. The van der Waals surface area contributed by atoms with Crippen molar-refractivity contribution in [1.29, 1.82) is 0 Å². The van der Waals surface area contributed by atoms with Gasteiger partial charge in [0.05, 0.1) is 6.20 Å². The van der Waals surface area contributed by atoms with E-state index in [1.165, 1.54) is 11.6 Å². The number of benzene rings is 1. The Labute approximate surface area is 111 Å². The molecule has 1 aromatic carbocycles. The molecule has 0 bridgehead atoms. The first-order valence-electron chi connectivity index (χ1n) is 6.36. The van der Waals surface area contributed by atoms with Crippen molar-refractivity contribution < 1.29 is 8.79 Å².